The van der Waals surface area contributed by atoms with Gasteiger partial charge in [0, 0.05) is 12.2 Å². The van der Waals surface area contributed by atoms with Crippen LogP contribution in [0.5, 0.6) is 17.2 Å². The highest BCUT2D eigenvalue weighted by molar-refractivity contribution is 14.0. The number of nitrogens with one attached hydrogen (secondary N) is 1. The zero-order chi connectivity index (χ0) is 19.6. The molecule has 0 fully saturated rings. The first-order valence-electron chi connectivity index (χ1n) is 9.06. The van der Waals surface area contributed by atoms with Crippen LogP contribution in [0.25, 0.3) is 0 Å². The molecule has 0 heterocycles. The van der Waals surface area contributed by atoms with Crippen molar-refractivity contribution in [3.05, 3.63) is 48.0 Å². The molecule has 0 saturated heterocycles. The monoisotopic (exact) mass is 499 g/mol. The van der Waals surface area contributed by atoms with Crippen LogP contribution in [0.1, 0.15) is 25.8 Å². The summed E-state index contributed by atoms with van der Waals surface area (Å²) in [6.07, 6.45) is 1.93. The van der Waals surface area contributed by atoms with Gasteiger partial charge in [0.15, 0.2) is 17.5 Å². The number of halogens is 1. The van der Waals surface area contributed by atoms with E-state index < -0.39 is 0 Å². The number of benzene rings is 2. The fraction of sp³-hybridized carbons (Fsp3) is 0.381. The number of aryl methyl sites for hydroxylation is 1. The molecule has 6 nitrogen and oxygen atoms in total. The van der Waals surface area contributed by atoms with Crippen LogP contribution in [-0.2, 0) is 6.42 Å². The molecule has 0 spiro atoms. The van der Waals surface area contributed by atoms with Gasteiger partial charge < -0.3 is 25.3 Å². The van der Waals surface area contributed by atoms with E-state index in [1.54, 1.807) is 14.2 Å². The van der Waals surface area contributed by atoms with Crippen molar-refractivity contribution in [2.45, 2.75) is 32.8 Å². The summed E-state index contributed by atoms with van der Waals surface area (Å²) in [5.74, 6) is 2.71. The average molecular weight is 499 g/mol. The Balaban J connectivity index is 0.00000392. The lowest BCUT2D eigenvalue weighted by molar-refractivity contribution is 0.242. The second-order valence-electron chi connectivity index (χ2n) is 6.38. The van der Waals surface area contributed by atoms with Crippen molar-refractivity contribution in [3.8, 4) is 17.2 Å². The molecule has 0 aromatic heterocycles. The molecule has 0 bridgehead atoms. The molecule has 0 amide bonds. The lowest BCUT2D eigenvalue weighted by Gasteiger charge is -2.11. The third-order valence-electron chi connectivity index (χ3n) is 3.85. The molecule has 0 saturated carbocycles. The molecular weight excluding hydrogens is 469 g/mol. The van der Waals surface area contributed by atoms with E-state index in [2.05, 4.69) is 10.3 Å². The van der Waals surface area contributed by atoms with Crippen molar-refractivity contribution in [2.75, 3.05) is 26.1 Å². The molecule has 28 heavy (non-hydrogen) atoms. The number of guanidine groups is 1. The number of methoxy groups -OCH3 is 2. The number of hydrogen-bond acceptors (Lipinski definition) is 4. The quantitative estimate of drug-likeness (QED) is 0.231. The average Bonchev–Trinajstić information content (AvgIpc) is 2.66. The first-order valence-corrected chi connectivity index (χ1v) is 9.06. The maximum absolute atomic E-state index is 5.96. The second kappa shape index (κ2) is 12.3. The number of nitrogens with zero attached hydrogens (tertiary/aromatic N) is 1. The maximum atomic E-state index is 5.96. The van der Waals surface area contributed by atoms with Crippen LogP contribution < -0.4 is 25.3 Å². The van der Waals surface area contributed by atoms with E-state index in [0.717, 1.165) is 35.8 Å². The van der Waals surface area contributed by atoms with Crippen molar-refractivity contribution < 1.29 is 14.2 Å². The predicted molar refractivity (Wildman–Crippen MR) is 126 cm³/mol. The molecule has 0 unspecified atom stereocenters. The maximum Gasteiger partial charge on any atom is 0.193 e. The number of nitrogens with two attached hydrogens (primary N) is 1. The van der Waals surface area contributed by atoms with E-state index in [1.165, 1.54) is 5.56 Å². The Hall–Kier alpha value is -2.16. The van der Waals surface area contributed by atoms with Gasteiger partial charge in [-0.25, -0.2) is 0 Å². The molecule has 154 valence electrons. The SMILES string of the molecule is COc1ccc(CCCN=C(N)Nc2ccc(OC(C)C)cc2)cc1OC.I. The number of hydrogen-bond donors (Lipinski definition) is 2. The topological polar surface area (TPSA) is 78.1 Å². The van der Waals surface area contributed by atoms with Crippen molar-refractivity contribution in [2.24, 2.45) is 10.7 Å². The van der Waals surface area contributed by atoms with E-state index >= 15 is 0 Å². The number of aliphatic imine (C=N–C) groups is 1. The summed E-state index contributed by atoms with van der Waals surface area (Å²) in [4.78, 5) is 4.38. The lowest BCUT2D eigenvalue weighted by atomic mass is 10.1. The minimum Gasteiger partial charge on any atom is -0.493 e. The van der Waals surface area contributed by atoms with Gasteiger partial charge >= 0.3 is 0 Å². The molecule has 0 aliphatic carbocycles. The number of anilines is 1. The first-order chi connectivity index (χ1) is 13.0. The van der Waals surface area contributed by atoms with E-state index in [-0.39, 0.29) is 30.1 Å². The largest absolute Gasteiger partial charge is 0.493 e. The van der Waals surface area contributed by atoms with Crippen LogP contribution in [0.4, 0.5) is 5.69 Å². The number of rotatable bonds is 9. The van der Waals surface area contributed by atoms with Gasteiger partial charge in [0.1, 0.15) is 5.75 Å². The number of ether oxygens (including phenoxy) is 3. The van der Waals surface area contributed by atoms with Crippen molar-refractivity contribution in [1.82, 2.24) is 0 Å². The molecule has 7 heteroatoms. The molecule has 0 aliphatic rings. The Morgan fingerprint density at radius 2 is 1.71 bits per heavy atom. The summed E-state index contributed by atoms with van der Waals surface area (Å²) in [6.45, 7) is 4.64. The summed E-state index contributed by atoms with van der Waals surface area (Å²) < 4.78 is 16.2. The second-order valence-corrected chi connectivity index (χ2v) is 6.38. The van der Waals surface area contributed by atoms with Gasteiger partial charge in [0.2, 0.25) is 0 Å². The molecule has 2 aromatic carbocycles. The third-order valence-corrected chi connectivity index (χ3v) is 3.85. The lowest BCUT2D eigenvalue weighted by Crippen LogP contribution is -2.22. The Labute approximate surface area is 184 Å². The fourth-order valence-electron chi connectivity index (χ4n) is 2.60. The summed E-state index contributed by atoms with van der Waals surface area (Å²) in [5.41, 5.74) is 8.02. The van der Waals surface area contributed by atoms with Gasteiger partial charge in [-0.3, -0.25) is 4.99 Å². The molecule has 0 atom stereocenters. The highest BCUT2D eigenvalue weighted by Gasteiger charge is 2.04. The molecule has 2 rings (SSSR count). The predicted octanol–water partition coefficient (Wildman–Crippen LogP) is 4.47. The zero-order valence-corrected chi connectivity index (χ0v) is 19.2. The van der Waals surface area contributed by atoms with Crippen LogP contribution >= 0.6 is 24.0 Å². The summed E-state index contributed by atoms with van der Waals surface area (Å²) >= 11 is 0. The summed E-state index contributed by atoms with van der Waals surface area (Å²) in [7, 11) is 3.27. The van der Waals surface area contributed by atoms with Crippen LogP contribution in [0.15, 0.2) is 47.5 Å². The Kier molecular flexibility index (Phi) is 10.5. The van der Waals surface area contributed by atoms with E-state index in [9.17, 15) is 0 Å². The first kappa shape index (κ1) is 23.9. The van der Waals surface area contributed by atoms with Gasteiger partial charge in [-0.05, 0) is 68.7 Å². The van der Waals surface area contributed by atoms with Gasteiger partial charge in [0.25, 0.3) is 0 Å². The summed E-state index contributed by atoms with van der Waals surface area (Å²) in [5, 5.41) is 3.09. The van der Waals surface area contributed by atoms with Gasteiger partial charge in [-0.1, -0.05) is 6.07 Å². The highest BCUT2D eigenvalue weighted by atomic mass is 127. The van der Waals surface area contributed by atoms with E-state index in [1.807, 2.05) is 56.3 Å². The molecular formula is C21H30IN3O3. The fourth-order valence-corrected chi connectivity index (χ4v) is 2.60. The standard InChI is InChI=1S/C21H29N3O3.HI/c1-15(2)27-18-10-8-17(9-11-18)24-21(22)23-13-5-6-16-7-12-19(25-3)20(14-16)26-4;/h7-12,14-15H,5-6,13H2,1-4H3,(H3,22,23,24);1H. The third kappa shape index (κ3) is 7.84. The van der Waals surface area contributed by atoms with Crippen LogP contribution in [0.3, 0.4) is 0 Å². The van der Waals surface area contributed by atoms with Crippen molar-refractivity contribution in [1.29, 1.82) is 0 Å². The molecule has 0 aliphatic heterocycles. The molecule has 0 radical (unpaired) electrons. The normalized spacial score (nSPS) is 11.0. The van der Waals surface area contributed by atoms with Crippen LogP contribution in [0.2, 0.25) is 0 Å². The van der Waals surface area contributed by atoms with Gasteiger partial charge in [-0.2, -0.15) is 0 Å². The smallest absolute Gasteiger partial charge is 0.193 e. The zero-order valence-electron chi connectivity index (χ0n) is 16.9. The van der Waals surface area contributed by atoms with Gasteiger partial charge in [0.05, 0.1) is 20.3 Å². The van der Waals surface area contributed by atoms with E-state index in [4.69, 9.17) is 19.9 Å². The Morgan fingerprint density at radius 1 is 1.04 bits per heavy atom. The molecule has 3 N–H and O–H groups in total. The Bertz CT molecular complexity index is 749. The van der Waals surface area contributed by atoms with Crippen LogP contribution in [0, 0.1) is 0 Å². The molecule has 2 aromatic rings. The Morgan fingerprint density at radius 3 is 2.32 bits per heavy atom. The van der Waals surface area contributed by atoms with Crippen LogP contribution in [-0.4, -0.2) is 32.8 Å². The van der Waals surface area contributed by atoms with Gasteiger partial charge in [-0.15, -0.1) is 24.0 Å². The highest BCUT2D eigenvalue weighted by Crippen LogP contribution is 2.27. The van der Waals surface area contributed by atoms with Crippen molar-refractivity contribution in [3.63, 3.8) is 0 Å². The van der Waals surface area contributed by atoms with Crippen molar-refractivity contribution >= 4 is 35.6 Å². The summed E-state index contributed by atoms with van der Waals surface area (Å²) in [6, 6.07) is 13.6. The van der Waals surface area contributed by atoms with E-state index in [0.29, 0.717) is 12.5 Å². The minimum atomic E-state index is 0. The minimum absolute atomic E-state index is 0.